The van der Waals surface area contributed by atoms with E-state index in [1.165, 1.54) is 26.0 Å². The standard InChI is InChI=1S/C12H13ClFNO3/c1-12(2,11(18)15-6-10(16)17)8-4-3-7(13)5-9(8)14/h3-5H,6H2,1-2H3,(H,15,18)(H,16,17). The first kappa shape index (κ1) is 14.4. The molecule has 0 spiro atoms. The van der Waals surface area contributed by atoms with Crippen molar-refractivity contribution in [3.63, 3.8) is 0 Å². The second kappa shape index (κ2) is 5.35. The van der Waals surface area contributed by atoms with Gasteiger partial charge < -0.3 is 10.4 Å². The van der Waals surface area contributed by atoms with Crippen LogP contribution >= 0.6 is 11.6 Å². The lowest BCUT2D eigenvalue weighted by atomic mass is 9.83. The summed E-state index contributed by atoms with van der Waals surface area (Å²) in [5, 5.41) is 10.9. The van der Waals surface area contributed by atoms with Gasteiger partial charge in [0.05, 0.1) is 5.41 Å². The van der Waals surface area contributed by atoms with E-state index in [1.54, 1.807) is 0 Å². The summed E-state index contributed by atoms with van der Waals surface area (Å²) in [5.41, 5.74) is -1.01. The highest BCUT2D eigenvalue weighted by Crippen LogP contribution is 2.27. The van der Waals surface area contributed by atoms with Gasteiger partial charge in [-0.2, -0.15) is 0 Å². The third-order valence-corrected chi connectivity index (χ3v) is 2.81. The SMILES string of the molecule is CC(C)(C(=O)NCC(=O)O)c1ccc(Cl)cc1F. The molecule has 98 valence electrons. The molecule has 4 nitrogen and oxygen atoms in total. The van der Waals surface area contributed by atoms with Gasteiger partial charge in [0, 0.05) is 10.6 Å². The topological polar surface area (TPSA) is 66.4 Å². The van der Waals surface area contributed by atoms with Crippen LogP contribution in [0, 0.1) is 5.82 Å². The van der Waals surface area contributed by atoms with Crippen molar-refractivity contribution in [3.05, 3.63) is 34.6 Å². The van der Waals surface area contributed by atoms with Crippen molar-refractivity contribution in [1.29, 1.82) is 0 Å². The Kier molecular flexibility index (Phi) is 4.29. The molecule has 0 aromatic heterocycles. The van der Waals surface area contributed by atoms with Gasteiger partial charge in [0.2, 0.25) is 5.91 Å². The summed E-state index contributed by atoms with van der Waals surface area (Å²) in [4.78, 5) is 22.2. The monoisotopic (exact) mass is 273 g/mol. The molecule has 0 heterocycles. The molecule has 0 aliphatic carbocycles. The first-order chi connectivity index (χ1) is 8.25. The number of aliphatic carboxylic acids is 1. The minimum atomic E-state index is -1.18. The Labute approximate surface area is 109 Å². The fourth-order valence-electron chi connectivity index (χ4n) is 1.50. The maximum Gasteiger partial charge on any atom is 0.322 e. The van der Waals surface area contributed by atoms with E-state index in [9.17, 15) is 14.0 Å². The molecule has 0 aliphatic rings. The second-order valence-electron chi connectivity index (χ2n) is 4.33. The second-order valence-corrected chi connectivity index (χ2v) is 4.76. The van der Waals surface area contributed by atoms with E-state index >= 15 is 0 Å². The van der Waals surface area contributed by atoms with Crippen LogP contribution in [-0.2, 0) is 15.0 Å². The van der Waals surface area contributed by atoms with Crippen LogP contribution in [-0.4, -0.2) is 23.5 Å². The molecule has 1 aromatic carbocycles. The number of rotatable bonds is 4. The maximum absolute atomic E-state index is 13.7. The molecule has 0 saturated carbocycles. The summed E-state index contributed by atoms with van der Waals surface area (Å²) >= 11 is 5.63. The Morgan fingerprint density at radius 1 is 1.44 bits per heavy atom. The molecule has 1 amide bonds. The zero-order chi connectivity index (χ0) is 13.9. The van der Waals surface area contributed by atoms with Gasteiger partial charge in [0.1, 0.15) is 12.4 Å². The Bertz CT molecular complexity index is 488. The summed E-state index contributed by atoms with van der Waals surface area (Å²) in [7, 11) is 0. The number of amides is 1. The van der Waals surface area contributed by atoms with Crippen molar-refractivity contribution in [2.24, 2.45) is 0 Å². The molecule has 0 bridgehead atoms. The number of carboxylic acid groups (broad SMARTS) is 1. The van der Waals surface area contributed by atoms with Crippen LogP contribution in [0.3, 0.4) is 0 Å². The first-order valence-corrected chi connectivity index (χ1v) is 5.58. The molecule has 1 rings (SSSR count). The van der Waals surface area contributed by atoms with E-state index in [0.29, 0.717) is 0 Å². The molecular formula is C12H13ClFNO3. The quantitative estimate of drug-likeness (QED) is 0.881. The Balaban J connectivity index is 2.97. The fourth-order valence-corrected chi connectivity index (χ4v) is 1.65. The van der Waals surface area contributed by atoms with Crippen LogP contribution in [0.2, 0.25) is 5.02 Å². The summed E-state index contributed by atoms with van der Waals surface area (Å²) in [5.74, 6) is -2.32. The normalized spacial score (nSPS) is 11.1. The minimum absolute atomic E-state index is 0.162. The van der Waals surface area contributed by atoms with E-state index in [0.717, 1.165) is 6.07 Å². The molecule has 18 heavy (non-hydrogen) atoms. The van der Waals surface area contributed by atoms with E-state index in [1.807, 2.05) is 0 Å². The molecule has 1 aromatic rings. The molecular weight excluding hydrogens is 261 g/mol. The molecule has 0 unspecified atom stereocenters. The highest BCUT2D eigenvalue weighted by Gasteiger charge is 2.32. The molecule has 0 radical (unpaired) electrons. The van der Waals surface area contributed by atoms with E-state index < -0.39 is 29.7 Å². The highest BCUT2D eigenvalue weighted by atomic mass is 35.5. The van der Waals surface area contributed by atoms with Gasteiger partial charge in [-0.05, 0) is 26.0 Å². The van der Waals surface area contributed by atoms with Crippen LogP contribution in [0.4, 0.5) is 4.39 Å². The smallest absolute Gasteiger partial charge is 0.322 e. The predicted octanol–water partition coefficient (Wildman–Crippen LogP) is 1.96. The zero-order valence-corrected chi connectivity index (χ0v) is 10.7. The fraction of sp³-hybridized carbons (Fsp3) is 0.333. The summed E-state index contributed by atoms with van der Waals surface area (Å²) in [6.07, 6.45) is 0. The number of carbonyl (C=O) groups is 2. The molecule has 0 fully saturated rings. The largest absolute Gasteiger partial charge is 0.480 e. The van der Waals surface area contributed by atoms with Crippen molar-refractivity contribution >= 4 is 23.5 Å². The van der Waals surface area contributed by atoms with E-state index in [-0.39, 0.29) is 10.6 Å². The molecule has 2 N–H and O–H groups in total. The first-order valence-electron chi connectivity index (χ1n) is 5.20. The third kappa shape index (κ3) is 3.20. The van der Waals surface area contributed by atoms with Crippen molar-refractivity contribution < 1.29 is 19.1 Å². The van der Waals surface area contributed by atoms with Gasteiger partial charge in [-0.15, -0.1) is 0 Å². The lowest BCUT2D eigenvalue weighted by molar-refractivity contribution is -0.138. The van der Waals surface area contributed by atoms with Gasteiger partial charge in [-0.3, -0.25) is 9.59 Å². The molecule has 0 atom stereocenters. The minimum Gasteiger partial charge on any atom is -0.480 e. The maximum atomic E-state index is 13.7. The Morgan fingerprint density at radius 3 is 2.56 bits per heavy atom. The average molecular weight is 274 g/mol. The number of carboxylic acids is 1. The van der Waals surface area contributed by atoms with Crippen LogP contribution in [0.15, 0.2) is 18.2 Å². The van der Waals surface area contributed by atoms with Crippen LogP contribution in [0.25, 0.3) is 0 Å². The summed E-state index contributed by atoms with van der Waals surface area (Å²) < 4.78 is 13.7. The van der Waals surface area contributed by atoms with Crippen molar-refractivity contribution in [2.75, 3.05) is 6.54 Å². The Hall–Kier alpha value is -1.62. The Morgan fingerprint density at radius 2 is 2.06 bits per heavy atom. The van der Waals surface area contributed by atoms with Crippen LogP contribution in [0.1, 0.15) is 19.4 Å². The molecule has 0 aliphatic heterocycles. The lowest BCUT2D eigenvalue weighted by Crippen LogP contribution is -2.42. The molecule has 6 heteroatoms. The van der Waals surface area contributed by atoms with Gasteiger partial charge >= 0.3 is 5.97 Å². The third-order valence-electron chi connectivity index (χ3n) is 2.57. The van der Waals surface area contributed by atoms with E-state index in [4.69, 9.17) is 16.7 Å². The number of carbonyl (C=O) groups excluding carboxylic acids is 1. The van der Waals surface area contributed by atoms with Crippen molar-refractivity contribution in [3.8, 4) is 0 Å². The average Bonchev–Trinajstić information content (AvgIpc) is 2.24. The number of nitrogens with one attached hydrogen (secondary N) is 1. The van der Waals surface area contributed by atoms with Gasteiger partial charge in [0.15, 0.2) is 0 Å². The van der Waals surface area contributed by atoms with Crippen LogP contribution < -0.4 is 5.32 Å². The summed E-state index contributed by atoms with van der Waals surface area (Å²) in [6.45, 7) is 2.52. The van der Waals surface area contributed by atoms with Crippen molar-refractivity contribution in [1.82, 2.24) is 5.32 Å². The highest BCUT2D eigenvalue weighted by molar-refractivity contribution is 6.30. The predicted molar refractivity (Wildman–Crippen MR) is 65.1 cm³/mol. The van der Waals surface area contributed by atoms with Crippen molar-refractivity contribution in [2.45, 2.75) is 19.3 Å². The number of hydrogen-bond donors (Lipinski definition) is 2. The van der Waals surface area contributed by atoms with Gasteiger partial charge in [-0.1, -0.05) is 17.7 Å². The number of hydrogen-bond acceptors (Lipinski definition) is 2. The van der Waals surface area contributed by atoms with Gasteiger partial charge in [-0.25, -0.2) is 4.39 Å². The van der Waals surface area contributed by atoms with Crippen LogP contribution in [0.5, 0.6) is 0 Å². The molecule has 0 saturated heterocycles. The summed E-state index contributed by atoms with van der Waals surface area (Å²) in [6, 6.07) is 4.01. The van der Waals surface area contributed by atoms with Gasteiger partial charge in [0.25, 0.3) is 0 Å². The lowest BCUT2D eigenvalue weighted by Gasteiger charge is -2.24. The number of halogens is 2. The zero-order valence-electron chi connectivity index (χ0n) is 9.96. The van der Waals surface area contributed by atoms with E-state index in [2.05, 4.69) is 5.32 Å². The number of benzene rings is 1.